The molecule has 0 N–H and O–H groups in total. The highest BCUT2D eigenvalue weighted by Gasteiger charge is 2.35. The zero-order chi connectivity index (χ0) is 9.35. The number of likely N-dealkylation sites (N-methyl/N-ethyl adjacent to an activating group) is 2. The van der Waals surface area contributed by atoms with Crippen LogP contribution >= 0.6 is 0 Å². The zero-order valence-corrected chi connectivity index (χ0v) is 8.42. The maximum absolute atomic E-state index is 11.5. The Hall–Kier alpha value is -0.570. The molecule has 0 aliphatic carbocycles. The molecule has 0 unspecified atom stereocenters. The molecule has 0 radical (unpaired) electrons. The highest BCUT2D eigenvalue weighted by atomic mass is 16.2. The van der Waals surface area contributed by atoms with Crippen LogP contribution in [-0.2, 0) is 4.79 Å². The predicted octanol–water partition coefficient (Wildman–Crippen LogP) is 0.559. The number of nitrogens with zero attached hydrogens (tertiary/aromatic N) is 2. The second kappa shape index (κ2) is 3.05. The summed E-state index contributed by atoms with van der Waals surface area (Å²) in [7, 11) is 1.99. The highest BCUT2D eigenvalue weighted by molar-refractivity contribution is 5.79. The Morgan fingerprint density at radius 2 is 2.08 bits per heavy atom. The van der Waals surface area contributed by atoms with E-state index in [1.807, 2.05) is 18.9 Å². The minimum absolute atomic E-state index is 0.00116. The van der Waals surface area contributed by atoms with Crippen LogP contribution in [0.5, 0.6) is 0 Å². The summed E-state index contributed by atoms with van der Waals surface area (Å²) in [6.07, 6.45) is 0. The molecule has 1 heterocycles. The van der Waals surface area contributed by atoms with E-state index in [0.717, 1.165) is 13.1 Å². The zero-order valence-electron chi connectivity index (χ0n) is 8.42. The lowest BCUT2D eigenvalue weighted by atomic mass is 9.99. The van der Waals surface area contributed by atoms with E-state index in [4.69, 9.17) is 0 Å². The van der Waals surface area contributed by atoms with E-state index in [-0.39, 0.29) is 11.4 Å². The third-order valence-corrected chi connectivity index (χ3v) is 2.41. The van der Waals surface area contributed by atoms with Crippen molar-refractivity contribution in [3.8, 4) is 0 Å². The van der Waals surface area contributed by atoms with Crippen molar-refractivity contribution in [3.63, 3.8) is 0 Å². The van der Waals surface area contributed by atoms with E-state index in [2.05, 4.69) is 18.7 Å². The second-order valence-corrected chi connectivity index (χ2v) is 4.12. The Morgan fingerprint density at radius 1 is 1.50 bits per heavy atom. The first-order chi connectivity index (χ1) is 5.47. The van der Waals surface area contributed by atoms with Crippen LogP contribution in [0.1, 0.15) is 20.8 Å². The Labute approximate surface area is 74.3 Å². The van der Waals surface area contributed by atoms with Gasteiger partial charge in [0.05, 0.1) is 6.54 Å². The molecule has 3 heteroatoms. The van der Waals surface area contributed by atoms with Crippen molar-refractivity contribution in [2.75, 3.05) is 26.7 Å². The Kier molecular flexibility index (Phi) is 2.42. The first-order valence-corrected chi connectivity index (χ1v) is 4.46. The molecule has 70 valence electrons. The van der Waals surface area contributed by atoms with Crippen molar-refractivity contribution >= 4 is 5.91 Å². The lowest BCUT2D eigenvalue weighted by molar-refractivity contribution is -0.143. The normalized spacial score (nSPS) is 24.7. The topological polar surface area (TPSA) is 23.6 Å². The molecule has 0 aromatic carbocycles. The van der Waals surface area contributed by atoms with Crippen molar-refractivity contribution in [2.24, 2.45) is 0 Å². The minimum Gasteiger partial charge on any atom is -0.335 e. The minimum atomic E-state index is -0.00116. The van der Waals surface area contributed by atoms with Gasteiger partial charge in [-0.05, 0) is 27.8 Å². The molecule has 12 heavy (non-hydrogen) atoms. The number of hydrogen-bond donors (Lipinski definition) is 0. The molecule has 1 fully saturated rings. The number of carbonyl (C=O) groups is 1. The molecule has 0 aromatic heterocycles. The molecule has 1 saturated heterocycles. The van der Waals surface area contributed by atoms with Crippen molar-refractivity contribution in [1.29, 1.82) is 0 Å². The van der Waals surface area contributed by atoms with Gasteiger partial charge in [0.1, 0.15) is 0 Å². The van der Waals surface area contributed by atoms with Gasteiger partial charge in [-0.25, -0.2) is 0 Å². The highest BCUT2D eigenvalue weighted by Crippen LogP contribution is 2.19. The summed E-state index contributed by atoms with van der Waals surface area (Å²) in [6.45, 7) is 8.61. The largest absolute Gasteiger partial charge is 0.335 e. The molecular weight excluding hydrogens is 152 g/mol. The Bertz CT molecular complexity index is 189. The number of amides is 1. The lowest BCUT2D eigenvalue weighted by Crippen LogP contribution is -2.60. The van der Waals surface area contributed by atoms with Gasteiger partial charge in [-0.15, -0.1) is 0 Å². The van der Waals surface area contributed by atoms with Crippen LogP contribution in [0.2, 0.25) is 0 Å². The summed E-state index contributed by atoms with van der Waals surface area (Å²) < 4.78 is 0. The van der Waals surface area contributed by atoms with Crippen molar-refractivity contribution < 1.29 is 4.79 Å². The maximum atomic E-state index is 11.5. The van der Waals surface area contributed by atoms with Crippen molar-refractivity contribution in [2.45, 2.75) is 26.3 Å². The van der Waals surface area contributed by atoms with Crippen LogP contribution in [-0.4, -0.2) is 47.9 Å². The second-order valence-electron chi connectivity index (χ2n) is 4.12. The number of hydrogen-bond acceptors (Lipinski definition) is 2. The summed E-state index contributed by atoms with van der Waals surface area (Å²) in [5.41, 5.74) is -0.00116. The first kappa shape index (κ1) is 9.52. The Morgan fingerprint density at radius 3 is 2.50 bits per heavy atom. The molecule has 1 aliphatic rings. The van der Waals surface area contributed by atoms with Crippen LogP contribution in [0.15, 0.2) is 0 Å². The van der Waals surface area contributed by atoms with Crippen molar-refractivity contribution in [3.05, 3.63) is 0 Å². The van der Waals surface area contributed by atoms with Gasteiger partial charge >= 0.3 is 0 Å². The van der Waals surface area contributed by atoms with Gasteiger partial charge in [0, 0.05) is 18.6 Å². The average molecular weight is 170 g/mol. The maximum Gasteiger partial charge on any atom is 0.237 e. The van der Waals surface area contributed by atoms with Gasteiger partial charge in [0.2, 0.25) is 5.91 Å². The number of rotatable bonds is 1. The molecule has 0 atom stereocenters. The van der Waals surface area contributed by atoms with Crippen LogP contribution in [0.3, 0.4) is 0 Å². The summed E-state index contributed by atoms with van der Waals surface area (Å²) in [4.78, 5) is 15.6. The molecule has 0 aromatic rings. The fraction of sp³-hybridized carbons (Fsp3) is 0.889. The molecule has 1 amide bonds. The Balaban J connectivity index is 2.78. The van der Waals surface area contributed by atoms with Crippen LogP contribution in [0.25, 0.3) is 0 Å². The molecular formula is C9H18N2O. The third-order valence-electron chi connectivity index (χ3n) is 2.41. The van der Waals surface area contributed by atoms with Gasteiger partial charge in [0.25, 0.3) is 0 Å². The fourth-order valence-corrected chi connectivity index (χ4v) is 2.06. The fourth-order valence-electron chi connectivity index (χ4n) is 2.06. The van der Waals surface area contributed by atoms with Gasteiger partial charge < -0.3 is 4.90 Å². The molecule has 0 saturated carbocycles. The van der Waals surface area contributed by atoms with Crippen LogP contribution < -0.4 is 0 Å². The molecule has 0 spiro atoms. The monoisotopic (exact) mass is 170 g/mol. The van der Waals surface area contributed by atoms with E-state index < -0.39 is 0 Å². The van der Waals surface area contributed by atoms with E-state index in [1.54, 1.807) is 0 Å². The SMILES string of the molecule is CCN1C(=O)CN(C)CC1(C)C. The van der Waals surface area contributed by atoms with E-state index in [9.17, 15) is 4.79 Å². The van der Waals surface area contributed by atoms with E-state index in [0.29, 0.717) is 6.54 Å². The summed E-state index contributed by atoms with van der Waals surface area (Å²) in [5, 5.41) is 0. The smallest absolute Gasteiger partial charge is 0.237 e. The predicted molar refractivity (Wildman–Crippen MR) is 49.0 cm³/mol. The van der Waals surface area contributed by atoms with Gasteiger partial charge in [-0.1, -0.05) is 0 Å². The van der Waals surface area contributed by atoms with Crippen LogP contribution in [0, 0.1) is 0 Å². The lowest BCUT2D eigenvalue weighted by Gasteiger charge is -2.45. The van der Waals surface area contributed by atoms with Gasteiger partial charge in [-0.3, -0.25) is 9.69 Å². The molecule has 3 nitrogen and oxygen atoms in total. The molecule has 1 aliphatic heterocycles. The van der Waals surface area contributed by atoms with Crippen LogP contribution in [0.4, 0.5) is 0 Å². The first-order valence-electron chi connectivity index (χ1n) is 4.46. The van der Waals surface area contributed by atoms with Gasteiger partial charge in [0.15, 0.2) is 0 Å². The quantitative estimate of drug-likeness (QED) is 0.574. The third kappa shape index (κ3) is 1.61. The van der Waals surface area contributed by atoms with E-state index in [1.165, 1.54) is 0 Å². The number of carbonyl (C=O) groups excluding carboxylic acids is 1. The summed E-state index contributed by atoms with van der Waals surface area (Å²) >= 11 is 0. The molecule has 1 rings (SSSR count). The van der Waals surface area contributed by atoms with Gasteiger partial charge in [-0.2, -0.15) is 0 Å². The van der Waals surface area contributed by atoms with Crippen molar-refractivity contribution in [1.82, 2.24) is 9.80 Å². The summed E-state index contributed by atoms with van der Waals surface area (Å²) in [5.74, 6) is 0.247. The average Bonchev–Trinajstić information content (AvgIpc) is 1.82. The molecule has 0 bridgehead atoms. The summed E-state index contributed by atoms with van der Waals surface area (Å²) in [6, 6.07) is 0. The standard InChI is InChI=1S/C9H18N2O/c1-5-11-8(12)6-10(4)7-9(11,2)3/h5-7H2,1-4H3. The number of piperazine rings is 1. The van der Waals surface area contributed by atoms with E-state index >= 15 is 0 Å².